The van der Waals surface area contributed by atoms with E-state index < -0.39 is 0 Å². The van der Waals surface area contributed by atoms with Crippen molar-refractivity contribution in [3.63, 3.8) is 0 Å². The molecule has 0 aliphatic heterocycles. The van der Waals surface area contributed by atoms with Gasteiger partial charge in [0, 0.05) is 10.9 Å². The zero-order chi connectivity index (χ0) is 14.1. The van der Waals surface area contributed by atoms with Gasteiger partial charge in [0.15, 0.2) is 0 Å². The number of fused-ring (bicyclic) bond motifs is 1. The average Bonchev–Trinajstić information content (AvgIpc) is 2.95. The molecule has 0 saturated heterocycles. The maximum atomic E-state index is 10.7. The van der Waals surface area contributed by atoms with Crippen molar-refractivity contribution in [2.75, 3.05) is 7.11 Å². The lowest BCUT2D eigenvalue weighted by Gasteiger charge is -2.08. The van der Waals surface area contributed by atoms with Crippen molar-refractivity contribution in [3.05, 3.63) is 40.9 Å². The lowest BCUT2D eigenvalue weighted by atomic mass is 10.0. The molecule has 2 aromatic heterocycles. The number of nitrogens with zero attached hydrogens (tertiary/aromatic N) is 3. The summed E-state index contributed by atoms with van der Waals surface area (Å²) in [6.07, 6.45) is 1.71. The first kappa shape index (κ1) is 12.3. The number of hydrogen-bond acceptors (Lipinski definition) is 5. The average molecular weight is 268 g/mol. The van der Waals surface area contributed by atoms with Gasteiger partial charge in [-0.25, -0.2) is 4.98 Å². The molecule has 6 nitrogen and oxygen atoms in total. The van der Waals surface area contributed by atoms with E-state index >= 15 is 0 Å². The molecule has 0 unspecified atom stereocenters. The van der Waals surface area contributed by atoms with Crippen LogP contribution in [0.5, 0.6) is 5.88 Å². The molecule has 3 rings (SSSR count). The third kappa shape index (κ3) is 1.91. The van der Waals surface area contributed by atoms with Crippen LogP contribution < -0.4 is 4.74 Å². The second-order valence-corrected chi connectivity index (χ2v) is 4.44. The molecule has 0 saturated carbocycles. The number of rotatable bonds is 3. The van der Waals surface area contributed by atoms with E-state index in [1.807, 2.05) is 19.1 Å². The van der Waals surface area contributed by atoms with E-state index in [9.17, 15) is 4.91 Å². The summed E-state index contributed by atoms with van der Waals surface area (Å²) >= 11 is 0. The largest absolute Gasteiger partial charge is 0.479 e. The molecular formula is C14H12N4O2. The van der Waals surface area contributed by atoms with Gasteiger partial charge in [-0.2, -0.15) is 5.10 Å². The van der Waals surface area contributed by atoms with Gasteiger partial charge in [0.05, 0.1) is 19.0 Å². The van der Waals surface area contributed by atoms with Crippen LogP contribution in [0.15, 0.2) is 35.6 Å². The molecule has 100 valence electrons. The molecule has 2 heterocycles. The number of ether oxygens (including phenoxy) is 1. The molecule has 0 amide bonds. The van der Waals surface area contributed by atoms with Crippen LogP contribution in [-0.4, -0.2) is 22.3 Å². The van der Waals surface area contributed by atoms with E-state index in [4.69, 9.17) is 4.74 Å². The number of aromatic amines is 1. The summed E-state index contributed by atoms with van der Waals surface area (Å²) in [4.78, 5) is 15.1. The number of H-pyrrole nitrogens is 1. The summed E-state index contributed by atoms with van der Waals surface area (Å²) in [6.45, 7) is 1.96. The molecule has 3 aromatic rings. The predicted octanol–water partition coefficient (Wildman–Crippen LogP) is 3.34. The Morgan fingerprint density at radius 1 is 1.30 bits per heavy atom. The third-order valence-corrected chi connectivity index (χ3v) is 3.19. The van der Waals surface area contributed by atoms with Gasteiger partial charge in [-0.1, -0.05) is 6.07 Å². The normalized spacial score (nSPS) is 10.7. The first-order chi connectivity index (χ1) is 9.72. The number of benzene rings is 1. The Hall–Kier alpha value is -2.76. The van der Waals surface area contributed by atoms with Gasteiger partial charge in [-0.15, -0.1) is 4.91 Å². The topological polar surface area (TPSA) is 80.2 Å². The molecule has 1 aromatic carbocycles. The highest BCUT2D eigenvalue weighted by atomic mass is 16.5. The van der Waals surface area contributed by atoms with E-state index in [0.29, 0.717) is 11.6 Å². The van der Waals surface area contributed by atoms with E-state index in [1.165, 1.54) is 0 Å². The van der Waals surface area contributed by atoms with Crippen LogP contribution in [0, 0.1) is 11.8 Å². The van der Waals surface area contributed by atoms with E-state index in [1.54, 1.807) is 25.4 Å². The highest BCUT2D eigenvalue weighted by molar-refractivity contribution is 5.87. The lowest BCUT2D eigenvalue weighted by Crippen LogP contribution is -1.93. The number of aromatic nitrogens is 3. The van der Waals surface area contributed by atoms with Crippen LogP contribution in [0.2, 0.25) is 0 Å². The maximum absolute atomic E-state index is 10.7. The molecule has 0 atom stereocenters. The second-order valence-electron chi connectivity index (χ2n) is 4.44. The summed E-state index contributed by atoms with van der Waals surface area (Å²) < 4.78 is 5.28. The minimum Gasteiger partial charge on any atom is -0.479 e. The number of methoxy groups -OCH3 is 1. The van der Waals surface area contributed by atoms with Gasteiger partial charge in [0.1, 0.15) is 11.2 Å². The van der Waals surface area contributed by atoms with Crippen LogP contribution in [0.25, 0.3) is 22.2 Å². The number of nitrogens with one attached hydrogen (secondary N) is 1. The lowest BCUT2D eigenvalue weighted by molar-refractivity contribution is 0.403. The fourth-order valence-corrected chi connectivity index (χ4v) is 2.15. The van der Waals surface area contributed by atoms with Crippen molar-refractivity contribution in [1.82, 2.24) is 15.2 Å². The second kappa shape index (κ2) is 4.73. The van der Waals surface area contributed by atoms with Crippen LogP contribution >= 0.6 is 0 Å². The summed E-state index contributed by atoms with van der Waals surface area (Å²) in [5.74, 6) is 0.471. The van der Waals surface area contributed by atoms with Gasteiger partial charge in [-0.05, 0) is 35.9 Å². The Balaban J connectivity index is 2.26. The van der Waals surface area contributed by atoms with Gasteiger partial charge in [0.2, 0.25) is 5.88 Å². The zero-order valence-electron chi connectivity index (χ0n) is 11.0. The monoisotopic (exact) mass is 268 g/mol. The Bertz CT molecular complexity index is 795. The smallest absolute Gasteiger partial charge is 0.240 e. The standard InChI is InChI=1S/C14H12N4O2/c1-8-3-4-10(18-19)6-11(8)12-5-9-7-15-17-13(9)14(16-12)20-2/h3-7H,1-2H3,(H,15,17). The molecule has 1 N–H and O–H groups in total. The summed E-state index contributed by atoms with van der Waals surface area (Å²) in [7, 11) is 1.56. The molecule has 0 bridgehead atoms. The molecular weight excluding hydrogens is 256 g/mol. The van der Waals surface area contributed by atoms with Crippen LogP contribution in [0.3, 0.4) is 0 Å². The highest BCUT2D eigenvalue weighted by Crippen LogP contribution is 2.31. The van der Waals surface area contributed by atoms with Gasteiger partial charge < -0.3 is 4.74 Å². The molecule has 6 heteroatoms. The fraction of sp³-hybridized carbons (Fsp3) is 0.143. The zero-order valence-corrected chi connectivity index (χ0v) is 11.0. The molecule has 0 fully saturated rings. The third-order valence-electron chi connectivity index (χ3n) is 3.19. The van der Waals surface area contributed by atoms with Gasteiger partial charge in [-0.3, -0.25) is 5.10 Å². The first-order valence-electron chi connectivity index (χ1n) is 6.05. The predicted molar refractivity (Wildman–Crippen MR) is 76.1 cm³/mol. The van der Waals surface area contributed by atoms with Crippen molar-refractivity contribution < 1.29 is 4.74 Å². The van der Waals surface area contributed by atoms with E-state index in [0.717, 1.165) is 27.7 Å². The van der Waals surface area contributed by atoms with Crippen molar-refractivity contribution in [1.29, 1.82) is 0 Å². The minimum atomic E-state index is 0.374. The molecule has 0 aliphatic carbocycles. The molecule has 0 radical (unpaired) electrons. The van der Waals surface area contributed by atoms with E-state index in [-0.39, 0.29) is 0 Å². The molecule has 0 aliphatic rings. The summed E-state index contributed by atoms with van der Waals surface area (Å²) in [5.41, 5.74) is 3.70. The van der Waals surface area contributed by atoms with E-state index in [2.05, 4.69) is 20.4 Å². The number of pyridine rings is 1. The highest BCUT2D eigenvalue weighted by Gasteiger charge is 2.12. The van der Waals surface area contributed by atoms with Crippen LogP contribution in [0.4, 0.5) is 5.69 Å². The quantitative estimate of drug-likeness (QED) is 0.739. The van der Waals surface area contributed by atoms with Gasteiger partial charge in [0.25, 0.3) is 0 Å². The first-order valence-corrected chi connectivity index (χ1v) is 6.05. The SMILES string of the molecule is COc1nc(-c2cc(N=O)ccc2C)cc2cn[nH]c12. The maximum Gasteiger partial charge on any atom is 0.240 e. The van der Waals surface area contributed by atoms with Crippen LogP contribution in [-0.2, 0) is 0 Å². The molecule has 0 spiro atoms. The number of nitroso groups, excluding NO2 is 1. The van der Waals surface area contributed by atoms with Gasteiger partial charge >= 0.3 is 0 Å². The summed E-state index contributed by atoms with van der Waals surface area (Å²) in [5, 5.41) is 10.7. The van der Waals surface area contributed by atoms with Crippen LogP contribution in [0.1, 0.15) is 5.56 Å². The van der Waals surface area contributed by atoms with Crippen molar-refractivity contribution in [2.24, 2.45) is 5.18 Å². The minimum absolute atomic E-state index is 0.374. The summed E-state index contributed by atoms with van der Waals surface area (Å²) in [6, 6.07) is 7.15. The number of hydrogen-bond donors (Lipinski definition) is 1. The van der Waals surface area contributed by atoms with Crippen molar-refractivity contribution in [2.45, 2.75) is 6.92 Å². The fourth-order valence-electron chi connectivity index (χ4n) is 2.15. The Labute approximate surface area is 114 Å². The Morgan fingerprint density at radius 2 is 2.15 bits per heavy atom. The Kier molecular flexibility index (Phi) is 2.90. The van der Waals surface area contributed by atoms with Crippen molar-refractivity contribution in [3.8, 4) is 17.1 Å². The van der Waals surface area contributed by atoms with Crippen molar-refractivity contribution >= 4 is 16.6 Å². The number of aryl methyl sites for hydroxylation is 1. The Morgan fingerprint density at radius 3 is 2.90 bits per heavy atom. The molecule has 20 heavy (non-hydrogen) atoms.